The minimum Gasteiger partial charge on any atom is -0.387 e. The maximum Gasteiger partial charge on any atom is 0.149 e. The predicted octanol–water partition coefficient (Wildman–Crippen LogP) is 3.74. The van der Waals surface area contributed by atoms with Gasteiger partial charge in [-0.05, 0) is 39.7 Å². The quantitative estimate of drug-likeness (QED) is 0.824. The van der Waals surface area contributed by atoms with Crippen LogP contribution in [0.25, 0.3) is 0 Å². The fourth-order valence-electron chi connectivity index (χ4n) is 1.76. The van der Waals surface area contributed by atoms with Crippen LogP contribution < -0.4 is 5.32 Å². The van der Waals surface area contributed by atoms with Crippen LogP contribution in [0.2, 0.25) is 0 Å². The highest BCUT2D eigenvalue weighted by molar-refractivity contribution is 9.10. The number of hydrogen-bond donors (Lipinski definition) is 2. The summed E-state index contributed by atoms with van der Waals surface area (Å²) in [6.07, 6.45) is -0.874. The van der Waals surface area contributed by atoms with Crippen LogP contribution in [0.4, 0.5) is 14.5 Å². The van der Waals surface area contributed by atoms with Crippen molar-refractivity contribution in [2.24, 2.45) is 0 Å². The highest BCUT2D eigenvalue weighted by atomic mass is 79.9. The van der Waals surface area contributed by atoms with Gasteiger partial charge in [0.05, 0.1) is 27.9 Å². The van der Waals surface area contributed by atoms with Crippen molar-refractivity contribution >= 4 is 21.6 Å². The average Bonchev–Trinajstić information content (AvgIpc) is 2.49. The van der Waals surface area contributed by atoms with E-state index in [1.54, 1.807) is 24.3 Å². The van der Waals surface area contributed by atoms with Crippen molar-refractivity contribution in [1.29, 1.82) is 5.26 Å². The maximum absolute atomic E-state index is 13.5. The Labute approximate surface area is 129 Å². The molecule has 0 aliphatic heterocycles. The molecule has 0 spiro atoms. The molecule has 21 heavy (non-hydrogen) atoms. The molecule has 0 radical (unpaired) electrons. The van der Waals surface area contributed by atoms with Gasteiger partial charge in [0.15, 0.2) is 0 Å². The lowest BCUT2D eigenvalue weighted by Gasteiger charge is -2.14. The van der Waals surface area contributed by atoms with Crippen LogP contribution >= 0.6 is 15.9 Å². The minimum atomic E-state index is -0.874. The molecule has 1 unspecified atom stereocenters. The fourth-order valence-corrected chi connectivity index (χ4v) is 2.11. The lowest BCUT2D eigenvalue weighted by Crippen LogP contribution is -2.13. The van der Waals surface area contributed by atoms with E-state index in [2.05, 4.69) is 21.2 Å². The number of nitrogens with zero attached hydrogens (tertiary/aromatic N) is 1. The molecule has 0 amide bonds. The largest absolute Gasteiger partial charge is 0.387 e. The molecule has 2 aromatic carbocycles. The number of rotatable bonds is 4. The first-order valence-corrected chi connectivity index (χ1v) is 6.87. The first-order chi connectivity index (χ1) is 10.0. The summed E-state index contributed by atoms with van der Waals surface area (Å²) >= 11 is 2.97. The van der Waals surface area contributed by atoms with Crippen molar-refractivity contribution in [3.63, 3.8) is 0 Å². The van der Waals surface area contributed by atoms with E-state index in [4.69, 9.17) is 5.26 Å². The van der Waals surface area contributed by atoms with Crippen LogP contribution in [-0.2, 0) is 0 Å². The Balaban J connectivity index is 2.05. The second-order valence-electron chi connectivity index (χ2n) is 4.38. The van der Waals surface area contributed by atoms with Crippen LogP contribution in [0.3, 0.4) is 0 Å². The molecule has 108 valence electrons. The smallest absolute Gasteiger partial charge is 0.149 e. The third-order valence-electron chi connectivity index (χ3n) is 2.92. The van der Waals surface area contributed by atoms with Crippen molar-refractivity contribution < 1.29 is 13.9 Å². The Hall–Kier alpha value is -1.97. The Morgan fingerprint density at radius 3 is 2.48 bits per heavy atom. The number of anilines is 1. The van der Waals surface area contributed by atoms with Gasteiger partial charge in [-0.1, -0.05) is 12.1 Å². The first kappa shape index (κ1) is 15.4. The molecule has 2 aromatic rings. The highest BCUT2D eigenvalue weighted by Gasteiger charge is 2.11. The van der Waals surface area contributed by atoms with Gasteiger partial charge in [-0.2, -0.15) is 5.26 Å². The summed E-state index contributed by atoms with van der Waals surface area (Å²) in [5.41, 5.74) is 1.19. The number of nitriles is 1. The normalized spacial score (nSPS) is 11.8. The van der Waals surface area contributed by atoms with Crippen molar-refractivity contribution in [1.82, 2.24) is 0 Å². The average molecular weight is 353 g/mol. The van der Waals surface area contributed by atoms with Gasteiger partial charge in [0, 0.05) is 12.6 Å². The monoisotopic (exact) mass is 352 g/mol. The van der Waals surface area contributed by atoms with Crippen LogP contribution in [0.1, 0.15) is 17.2 Å². The molecule has 2 N–H and O–H groups in total. The van der Waals surface area contributed by atoms with E-state index in [0.717, 1.165) is 6.07 Å². The molecule has 0 saturated heterocycles. The van der Waals surface area contributed by atoms with Crippen LogP contribution in [0.5, 0.6) is 0 Å². The third kappa shape index (κ3) is 3.78. The lowest BCUT2D eigenvalue weighted by molar-refractivity contribution is 0.191. The second kappa shape index (κ2) is 6.66. The van der Waals surface area contributed by atoms with Gasteiger partial charge in [0.25, 0.3) is 0 Å². The maximum atomic E-state index is 13.5. The zero-order chi connectivity index (χ0) is 15.4. The number of nitrogens with one attached hydrogen (secondary N) is 1. The van der Waals surface area contributed by atoms with Crippen LogP contribution in [0, 0.1) is 23.0 Å². The number of benzene rings is 2. The number of hydrogen-bond acceptors (Lipinski definition) is 3. The van der Waals surface area contributed by atoms with E-state index in [1.807, 2.05) is 6.07 Å². The van der Waals surface area contributed by atoms with Gasteiger partial charge in [-0.25, -0.2) is 8.78 Å². The van der Waals surface area contributed by atoms with Gasteiger partial charge >= 0.3 is 0 Å². The molecule has 6 heteroatoms. The van der Waals surface area contributed by atoms with E-state index >= 15 is 0 Å². The van der Waals surface area contributed by atoms with Gasteiger partial charge in [-0.15, -0.1) is 0 Å². The molecule has 0 aromatic heterocycles. The van der Waals surface area contributed by atoms with E-state index in [1.165, 1.54) is 6.07 Å². The molecule has 2 rings (SSSR count). The number of halogens is 3. The van der Waals surface area contributed by atoms with Crippen molar-refractivity contribution in [2.45, 2.75) is 6.10 Å². The van der Waals surface area contributed by atoms with Crippen LogP contribution in [0.15, 0.2) is 40.9 Å². The Morgan fingerprint density at radius 2 is 1.86 bits per heavy atom. The Kier molecular flexibility index (Phi) is 4.89. The molecule has 1 atom stereocenters. The molecule has 0 aliphatic carbocycles. The van der Waals surface area contributed by atoms with Gasteiger partial charge in [0.1, 0.15) is 11.6 Å². The highest BCUT2D eigenvalue weighted by Crippen LogP contribution is 2.24. The molecule has 0 bridgehead atoms. The van der Waals surface area contributed by atoms with Gasteiger partial charge in [-0.3, -0.25) is 0 Å². The SMILES string of the molecule is N#Cc1ccc(C(O)CNc2cc(Br)c(F)cc2F)cc1. The predicted molar refractivity (Wildman–Crippen MR) is 78.7 cm³/mol. The zero-order valence-electron chi connectivity index (χ0n) is 10.8. The third-order valence-corrected chi connectivity index (χ3v) is 3.53. The van der Waals surface area contributed by atoms with Crippen molar-refractivity contribution in [3.05, 3.63) is 63.6 Å². The summed E-state index contributed by atoms with van der Waals surface area (Å²) in [5.74, 6) is -1.42. The fraction of sp³-hybridized carbons (Fsp3) is 0.133. The second-order valence-corrected chi connectivity index (χ2v) is 5.23. The lowest BCUT2D eigenvalue weighted by atomic mass is 10.1. The number of aliphatic hydroxyl groups is 1. The standard InChI is InChI=1S/C15H11BrF2N2O/c16-11-5-14(13(18)6-12(11)17)20-8-15(21)10-3-1-9(7-19)2-4-10/h1-6,15,20-21H,8H2. The van der Waals surface area contributed by atoms with E-state index < -0.39 is 17.7 Å². The van der Waals surface area contributed by atoms with E-state index in [9.17, 15) is 13.9 Å². The summed E-state index contributed by atoms with van der Waals surface area (Å²) in [6, 6.07) is 10.5. The van der Waals surface area contributed by atoms with Crippen molar-refractivity contribution in [2.75, 3.05) is 11.9 Å². The minimum absolute atomic E-state index is 0.0564. The Bertz CT molecular complexity index is 683. The zero-order valence-corrected chi connectivity index (χ0v) is 12.4. The summed E-state index contributed by atoms with van der Waals surface area (Å²) in [6.45, 7) is 0.0564. The van der Waals surface area contributed by atoms with E-state index in [-0.39, 0.29) is 16.7 Å². The molecular formula is C15H11BrF2N2O. The molecule has 0 aliphatic rings. The summed E-state index contributed by atoms with van der Waals surface area (Å²) in [4.78, 5) is 0. The van der Waals surface area contributed by atoms with Crippen molar-refractivity contribution in [3.8, 4) is 6.07 Å². The molecule has 0 heterocycles. The first-order valence-electron chi connectivity index (χ1n) is 6.08. The Morgan fingerprint density at radius 1 is 1.19 bits per heavy atom. The molecule has 3 nitrogen and oxygen atoms in total. The molecular weight excluding hydrogens is 342 g/mol. The van der Waals surface area contributed by atoms with Gasteiger partial charge in [0.2, 0.25) is 0 Å². The summed E-state index contributed by atoms with van der Waals surface area (Å²) < 4.78 is 26.8. The number of aliphatic hydroxyl groups excluding tert-OH is 1. The topological polar surface area (TPSA) is 56.0 Å². The molecule has 0 fully saturated rings. The van der Waals surface area contributed by atoms with Crippen LogP contribution in [-0.4, -0.2) is 11.7 Å². The summed E-state index contributed by atoms with van der Waals surface area (Å²) in [7, 11) is 0. The molecule has 0 saturated carbocycles. The van der Waals surface area contributed by atoms with Gasteiger partial charge < -0.3 is 10.4 Å². The summed E-state index contributed by atoms with van der Waals surface area (Å²) in [5, 5.41) is 21.4. The van der Waals surface area contributed by atoms with E-state index in [0.29, 0.717) is 11.1 Å².